The highest BCUT2D eigenvalue weighted by molar-refractivity contribution is 6.30. The molecule has 0 unspecified atom stereocenters. The van der Waals surface area contributed by atoms with Crippen molar-refractivity contribution in [3.63, 3.8) is 0 Å². The third-order valence-corrected chi connectivity index (χ3v) is 6.14. The van der Waals surface area contributed by atoms with E-state index in [1.165, 1.54) is 0 Å². The molecule has 3 aromatic rings. The molecule has 0 fully saturated rings. The lowest BCUT2D eigenvalue weighted by molar-refractivity contribution is 0.230. The third-order valence-electron chi connectivity index (χ3n) is 5.89. The highest BCUT2D eigenvalue weighted by atomic mass is 35.5. The smallest absolute Gasteiger partial charge is 0.161 e. The Balaban J connectivity index is 1.82. The molecule has 0 aliphatic carbocycles. The highest BCUT2D eigenvalue weighted by Gasteiger charge is 2.28. The fourth-order valence-electron chi connectivity index (χ4n) is 4.33. The van der Waals surface area contributed by atoms with Gasteiger partial charge in [-0.15, -0.1) is 0 Å². The Morgan fingerprint density at radius 3 is 2.33 bits per heavy atom. The summed E-state index contributed by atoms with van der Waals surface area (Å²) >= 11 is 6.22. The standard InChI is InChI=1S/C30H30ClN3O2/c1-20(2)36-29-17-27-23(16-28(29)35-5)14-15-34(30(27)22-6-10-25(31)11-7-22)26-12-8-21(9-13-26)24(18-32)19-33(3)4/h6-17,19-20,30H,1-5H3/b24-19+/t30-/m0/s1. The minimum atomic E-state index is -0.110. The van der Waals surface area contributed by atoms with E-state index in [9.17, 15) is 5.26 Å². The van der Waals surface area contributed by atoms with Gasteiger partial charge in [-0.3, -0.25) is 0 Å². The van der Waals surface area contributed by atoms with E-state index in [-0.39, 0.29) is 12.1 Å². The Kier molecular flexibility index (Phi) is 7.57. The number of halogens is 1. The summed E-state index contributed by atoms with van der Waals surface area (Å²) in [5, 5.41) is 10.3. The summed E-state index contributed by atoms with van der Waals surface area (Å²) in [5.74, 6) is 1.42. The highest BCUT2D eigenvalue weighted by Crippen LogP contribution is 2.43. The minimum Gasteiger partial charge on any atom is -0.493 e. The normalized spacial score (nSPS) is 14.9. The van der Waals surface area contributed by atoms with Crippen molar-refractivity contribution in [1.82, 2.24) is 4.90 Å². The van der Waals surface area contributed by atoms with Gasteiger partial charge in [-0.1, -0.05) is 35.9 Å². The monoisotopic (exact) mass is 499 g/mol. The van der Waals surface area contributed by atoms with Crippen molar-refractivity contribution in [3.8, 4) is 17.6 Å². The molecule has 0 amide bonds. The molecule has 1 aliphatic rings. The van der Waals surface area contributed by atoms with E-state index in [0.717, 1.165) is 27.9 Å². The number of methoxy groups -OCH3 is 1. The van der Waals surface area contributed by atoms with Gasteiger partial charge in [0.05, 0.1) is 24.8 Å². The van der Waals surface area contributed by atoms with Crippen LogP contribution in [-0.2, 0) is 0 Å². The van der Waals surface area contributed by atoms with Crippen LogP contribution in [0.4, 0.5) is 5.69 Å². The summed E-state index contributed by atoms with van der Waals surface area (Å²) in [4.78, 5) is 4.10. The van der Waals surface area contributed by atoms with Gasteiger partial charge in [0.15, 0.2) is 11.5 Å². The SMILES string of the molecule is COc1cc2c(cc1OC(C)C)[C@H](c1ccc(Cl)cc1)N(c1ccc(/C(C#N)=C/N(C)C)cc1)C=C2. The van der Waals surface area contributed by atoms with Gasteiger partial charge in [0, 0.05) is 37.2 Å². The Morgan fingerprint density at radius 2 is 1.75 bits per heavy atom. The van der Waals surface area contributed by atoms with E-state index < -0.39 is 0 Å². The number of nitriles is 1. The van der Waals surface area contributed by atoms with Gasteiger partial charge < -0.3 is 19.3 Å². The maximum atomic E-state index is 9.60. The third kappa shape index (κ3) is 5.35. The van der Waals surface area contributed by atoms with Crippen molar-refractivity contribution in [3.05, 3.63) is 100 Å². The molecular formula is C30H30ClN3O2. The molecule has 1 heterocycles. The van der Waals surface area contributed by atoms with E-state index in [1.54, 1.807) is 7.11 Å². The van der Waals surface area contributed by atoms with Crippen molar-refractivity contribution in [1.29, 1.82) is 5.26 Å². The molecule has 5 nitrogen and oxygen atoms in total. The lowest BCUT2D eigenvalue weighted by atomic mass is 9.89. The molecule has 3 aromatic carbocycles. The molecule has 0 saturated heterocycles. The van der Waals surface area contributed by atoms with E-state index in [1.807, 2.05) is 81.5 Å². The van der Waals surface area contributed by atoms with Gasteiger partial charge in [0.25, 0.3) is 0 Å². The zero-order chi connectivity index (χ0) is 25.8. The molecule has 0 radical (unpaired) electrons. The lowest BCUT2D eigenvalue weighted by Gasteiger charge is -2.36. The van der Waals surface area contributed by atoms with Gasteiger partial charge in [-0.25, -0.2) is 0 Å². The van der Waals surface area contributed by atoms with Crippen LogP contribution >= 0.6 is 11.6 Å². The Bertz CT molecular complexity index is 1320. The van der Waals surface area contributed by atoms with Crippen LogP contribution in [0.2, 0.25) is 5.02 Å². The van der Waals surface area contributed by atoms with Gasteiger partial charge in [-0.05, 0) is 78.6 Å². The molecule has 1 atom stereocenters. The number of fused-ring (bicyclic) bond motifs is 1. The average Bonchev–Trinajstić information content (AvgIpc) is 2.86. The second kappa shape index (κ2) is 10.8. The predicted octanol–water partition coefficient (Wildman–Crippen LogP) is 7.14. The first-order valence-corrected chi connectivity index (χ1v) is 12.2. The largest absolute Gasteiger partial charge is 0.493 e. The van der Waals surface area contributed by atoms with E-state index in [0.29, 0.717) is 22.1 Å². The topological polar surface area (TPSA) is 48.7 Å². The number of anilines is 1. The van der Waals surface area contributed by atoms with Crippen molar-refractivity contribution >= 4 is 28.9 Å². The first-order chi connectivity index (χ1) is 17.3. The predicted molar refractivity (Wildman–Crippen MR) is 147 cm³/mol. The van der Waals surface area contributed by atoms with Crippen LogP contribution in [0.5, 0.6) is 11.5 Å². The van der Waals surface area contributed by atoms with Gasteiger partial charge in [-0.2, -0.15) is 5.26 Å². The van der Waals surface area contributed by atoms with Gasteiger partial charge in [0.2, 0.25) is 0 Å². The van der Waals surface area contributed by atoms with Crippen molar-refractivity contribution in [2.75, 3.05) is 26.1 Å². The molecule has 6 heteroatoms. The first-order valence-electron chi connectivity index (χ1n) is 11.8. The maximum absolute atomic E-state index is 9.60. The zero-order valence-electron chi connectivity index (χ0n) is 21.2. The molecule has 0 bridgehead atoms. The molecule has 0 N–H and O–H groups in total. The van der Waals surface area contributed by atoms with E-state index in [2.05, 4.69) is 41.4 Å². The van der Waals surface area contributed by atoms with E-state index in [4.69, 9.17) is 21.1 Å². The molecular weight excluding hydrogens is 470 g/mol. The number of rotatable bonds is 7. The van der Waals surface area contributed by atoms with Crippen LogP contribution in [-0.4, -0.2) is 32.2 Å². The number of hydrogen-bond acceptors (Lipinski definition) is 5. The van der Waals surface area contributed by atoms with Crippen LogP contribution in [0.15, 0.2) is 73.1 Å². The molecule has 36 heavy (non-hydrogen) atoms. The van der Waals surface area contributed by atoms with Crippen LogP contribution in [0.1, 0.15) is 42.1 Å². The second-order valence-corrected chi connectivity index (χ2v) is 9.58. The van der Waals surface area contributed by atoms with Crippen molar-refractivity contribution in [2.24, 2.45) is 0 Å². The quantitative estimate of drug-likeness (QED) is 0.323. The summed E-state index contributed by atoms with van der Waals surface area (Å²) in [6.45, 7) is 4.01. The Morgan fingerprint density at radius 1 is 1.06 bits per heavy atom. The minimum absolute atomic E-state index is 0.0123. The summed E-state index contributed by atoms with van der Waals surface area (Å²) < 4.78 is 11.7. The second-order valence-electron chi connectivity index (χ2n) is 9.14. The Hall–Kier alpha value is -3.88. The zero-order valence-corrected chi connectivity index (χ0v) is 22.0. The van der Waals surface area contributed by atoms with Crippen molar-refractivity contribution in [2.45, 2.75) is 26.0 Å². The van der Waals surface area contributed by atoms with Crippen LogP contribution < -0.4 is 14.4 Å². The Labute approximate surface area is 218 Å². The number of ether oxygens (including phenoxy) is 2. The van der Waals surface area contributed by atoms with E-state index >= 15 is 0 Å². The van der Waals surface area contributed by atoms with Gasteiger partial charge >= 0.3 is 0 Å². The van der Waals surface area contributed by atoms with Crippen molar-refractivity contribution < 1.29 is 9.47 Å². The fourth-order valence-corrected chi connectivity index (χ4v) is 4.46. The maximum Gasteiger partial charge on any atom is 0.161 e. The molecule has 0 spiro atoms. The van der Waals surface area contributed by atoms with Crippen LogP contribution in [0.25, 0.3) is 11.6 Å². The number of allylic oxidation sites excluding steroid dienone is 1. The summed E-state index contributed by atoms with van der Waals surface area (Å²) in [5.41, 5.74) is 5.76. The fraction of sp³-hybridized carbons (Fsp3) is 0.233. The molecule has 0 saturated carbocycles. The molecule has 1 aliphatic heterocycles. The first kappa shape index (κ1) is 25.2. The van der Waals surface area contributed by atoms with Crippen LogP contribution in [0.3, 0.4) is 0 Å². The van der Waals surface area contributed by atoms with Gasteiger partial charge in [0.1, 0.15) is 6.07 Å². The number of hydrogen-bond donors (Lipinski definition) is 0. The molecule has 184 valence electrons. The lowest BCUT2D eigenvalue weighted by Crippen LogP contribution is -2.27. The summed E-state index contributed by atoms with van der Waals surface area (Å²) in [7, 11) is 5.47. The summed E-state index contributed by atoms with van der Waals surface area (Å²) in [6, 6.07) is 22.3. The number of benzene rings is 3. The average molecular weight is 500 g/mol. The number of nitrogens with zero attached hydrogens (tertiary/aromatic N) is 3. The molecule has 4 rings (SSSR count). The molecule has 0 aromatic heterocycles. The van der Waals surface area contributed by atoms with Crippen LogP contribution in [0, 0.1) is 11.3 Å². The summed E-state index contributed by atoms with van der Waals surface area (Å²) in [6.07, 6.45) is 6.01.